The summed E-state index contributed by atoms with van der Waals surface area (Å²) in [6.07, 6.45) is 12.9. The number of benzene rings is 1. The van der Waals surface area contributed by atoms with Crippen LogP contribution in [0.3, 0.4) is 0 Å². The third-order valence-electron chi connectivity index (χ3n) is 7.38. The molecule has 4 saturated carbocycles. The van der Waals surface area contributed by atoms with E-state index < -0.39 is 0 Å². The second-order valence-corrected chi connectivity index (χ2v) is 9.58. The van der Waals surface area contributed by atoms with Crippen LogP contribution in [0.5, 0.6) is 0 Å². The molecule has 31 heavy (non-hydrogen) atoms. The van der Waals surface area contributed by atoms with Crippen molar-refractivity contribution in [1.82, 2.24) is 15.1 Å². The Hall–Kier alpha value is -3.13. The zero-order valence-electron chi connectivity index (χ0n) is 17.8. The first-order chi connectivity index (χ1) is 15.1. The van der Waals surface area contributed by atoms with Crippen molar-refractivity contribution in [2.75, 3.05) is 6.54 Å². The molecule has 6 rings (SSSR count). The van der Waals surface area contributed by atoms with Crippen molar-refractivity contribution in [3.05, 3.63) is 66.0 Å². The van der Waals surface area contributed by atoms with E-state index in [4.69, 9.17) is 5.10 Å². The Labute approximate surface area is 183 Å². The molecular formula is C26H28N4O. The van der Waals surface area contributed by atoms with Crippen molar-refractivity contribution >= 4 is 12.0 Å². The van der Waals surface area contributed by atoms with E-state index in [9.17, 15) is 10.1 Å². The standard InChI is InChI=1S/C26H28N4O/c1-2-8-28-25(31)21(16-27)12-22-17-30(23-6-4-3-5-7-23)29-24(22)26-13-18-9-19(14-26)11-20(10-18)15-26/h2-7,12,17-20H,1,8-11,13-15H2,(H,28,31)/b21-12-. The molecule has 1 aromatic heterocycles. The molecule has 0 unspecified atom stereocenters. The molecule has 4 aliphatic rings. The number of nitriles is 1. The highest BCUT2D eigenvalue weighted by molar-refractivity contribution is 6.01. The van der Waals surface area contributed by atoms with Crippen molar-refractivity contribution in [3.8, 4) is 11.8 Å². The number of nitrogens with zero attached hydrogens (tertiary/aromatic N) is 3. The Morgan fingerprint density at radius 2 is 1.84 bits per heavy atom. The highest BCUT2D eigenvalue weighted by Gasteiger charge is 2.53. The van der Waals surface area contributed by atoms with E-state index in [-0.39, 0.29) is 16.9 Å². The van der Waals surface area contributed by atoms with Crippen LogP contribution in [0.15, 0.2) is 54.8 Å². The summed E-state index contributed by atoms with van der Waals surface area (Å²) >= 11 is 0. The Morgan fingerprint density at radius 3 is 2.42 bits per heavy atom. The smallest absolute Gasteiger partial charge is 0.262 e. The van der Waals surface area contributed by atoms with Crippen molar-refractivity contribution in [3.63, 3.8) is 0 Å². The summed E-state index contributed by atoms with van der Waals surface area (Å²) in [6, 6.07) is 12.1. The number of para-hydroxylation sites is 1. The molecular weight excluding hydrogens is 384 g/mol. The SMILES string of the molecule is C=CCNC(=O)/C(C#N)=C\c1cn(-c2ccccc2)nc1C12CC3CC(CC(C3)C1)C2. The molecule has 0 radical (unpaired) electrons. The van der Waals surface area contributed by atoms with Crippen LogP contribution in [0.4, 0.5) is 0 Å². The first-order valence-corrected chi connectivity index (χ1v) is 11.3. The van der Waals surface area contributed by atoms with Crippen LogP contribution < -0.4 is 5.32 Å². The monoisotopic (exact) mass is 412 g/mol. The second kappa shape index (κ2) is 7.85. The van der Waals surface area contributed by atoms with Gasteiger partial charge >= 0.3 is 0 Å². The lowest BCUT2D eigenvalue weighted by atomic mass is 9.48. The molecule has 158 valence electrons. The van der Waals surface area contributed by atoms with Gasteiger partial charge in [0.25, 0.3) is 5.91 Å². The van der Waals surface area contributed by atoms with Crippen LogP contribution in [0.2, 0.25) is 0 Å². The zero-order valence-corrected chi connectivity index (χ0v) is 17.8. The van der Waals surface area contributed by atoms with E-state index in [1.54, 1.807) is 12.2 Å². The fraction of sp³-hybridized carbons (Fsp3) is 0.423. The van der Waals surface area contributed by atoms with Gasteiger partial charge in [0.2, 0.25) is 0 Å². The van der Waals surface area contributed by atoms with Gasteiger partial charge in [-0.05, 0) is 74.5 Å². The zero-order chi connectivity index (χ0) is 21.4. The molecule has 4 fully saturated rings. The average molecular weight is 413 g/mol. The molecule has 1 N–H and O–H groups in total. The van der Waals surface area contributed by atoms with Crippen molar-refractivity contribution in [2.24, 2.45) is 17.8 Å². The second-order valence-electron chi connectivity index (χ2n) is 9.58. The maximum Gasteiger partial charge on any atom is 0.262 e. The van der Waals surface area contributed by atoms with E-state index in [0.717, 1.165) is 34.7 Å². The summed E-state index contributed by atoms with van der Waals surface area (Å²) < 4.78 is 1.91. The van der Waals surface area contributed by atoms with E-state index in [0.29, 0.717) is 6.54 Å². The van der Waals surface area contributed by atoms with Gasteiger partial charge in [0, 0.05) is 23.7 Å². The fourth-order valence-corrected chi connectivity index (χ4v) is 6.58. The van der Waals surface area contributed by atoms with Crippen LogP contribution in [-0.4, -0.2) is 22.2 Å². The molecule has 5 nitrogen and oxygen atoms in total. The Bertz CT molecular complexity index is 1040. The van der Waals surface area contributed by atoms with Gasteiger partial charge in [-0.15, -0.1) is 6.58 Å². The molecule has 0 aliphatic heterocycles. The summed E-state index contributed by atoms with van der Waals surface area (Å²) in [6.45, 7) is 3.96. The normalized spacial score (nSPS) is 28.9. The van der Waals surface area contributed by atoms with Crippen LogP contribution in [-0.2, 0) is 10.2 Å². The number of carbonyl (C=O) groups is 1. The van der Waals surface area contributed by atoms with Gasteiger partial charge in [-0.2, -0.15) is 10.4 Å². The molecule has 4 bridgehead atoms. The minimum atomic E-state index is -0.369. The van der Waals surface area contributed by atoms with Gasteiger partial charge in [0.15, 0.2) is 0 Å². The van der Waals surface area contributed by atoms with E-state index in [1.807, 2.05) is 41.2 Å². The number of nitrogens with one attached hydrogen (secondary N) is 1. The summed E-state index contributed by atoms with van der Waals surface area (Å²) in [5.74, 6) is 2.00. The first-order valence-electron chi connectivity index (χ1n) is 11.3. The van der Waals surface area contributed by atoms with E-state index in [2.05, 4.69) is 18.0 Å². The van der Waals surface area contributed by atoms with Crippen LogP contribution >= 0.6 is 0 Å². The molecule has 0 atom stereocenters. The lowest BCUT2D eigenvalue weighted by Crippen LogP contribution is -2.49. The summed E-state index contributed by atoms with van der Waals surface area (Å²) in [7, 11) is 0. The van der Waals surface area contributed by atoms with Gasteiger partial charge in [0.05, 0.1) is 11.4 Å². The number of hydrogen-bond acceptors (Lipinski definition) is 3. The quantitative estimate of drug-likeness (QED) is 0.430. The minimum absolute atomic E-state index is 0.0682. The maximum atomic E-state index is 12.5. The lowest BCUT2D eigenvalue weighted by molar-refractivity contribution is -0.116. The number of aromatic nitrogens is 2. The number of carbonyl (C=O) groups excluding carboxylic acids is 1. The Balaban J connectivity index is 1.59. The molecule has 0 spiro atoms. The Kier molecular flexibility index (Phi) is 5.02. The number of rotatable bonds is 6. The molecule has 1 heterocycles. The van der Waals surface area contributed by atoms with E-state index >= 15 is 0 Å². The van der Waals surface area contributed by atoms with Crippen molar-refractivity contribution in [1.29, 1.82) is 5.26 Å². The van der Waals surface area contributed by atoms with Crippen molar-refractivity contribution in [2.45, 2.75) is 43.9 Å². The highest BCUT2D eigenvalue weighted by Crippen LogP contribution is 2.61. The van der Waals surface area contributed by atoms with Crippen LogP contribution in [0.25, 0.3) is 11.8 Å². The van der Waals surface area contributed by atoms with Crippen molar-refractivity contribution < 1.29 is 4.79 Å². The van der Waals surface area contributed by atoms with Gasteiger partial charge in [-0.3, -0.25) is 4.79 Å². The molecule has 1 amide bonds. The van der Waals surface area contributed by atoms with Gasteiger partial charge in [0.1, 0.15) is 11.6 Å². The van der Waals surface area contributed by atoms with Crippen LogP contribution in [0, 0.1) is 29.1 Å². The van der Waals surface area contributed by atoms with E-state index in [1.165, 1.54) is 38.5 Å². The average Bonchev–Trinajstić information content (AvgIpc) is 3.20. The number of amides is 1. The summed E-state index contributed by atoms with van der Waals surface area (Å²) in [5.41, 5.74) is 3.14. The number of hydrogen-bond donors (Lipinski definition) is 1. The minimum Gasteiger partial charge on any atom is -0.348 e. The summed E-state index contributed by atoms with van der Waals surface area (Å²) in [5, 5.41) is 17.5. The first kappa shape index (κ1) is 19.8. The Morgan fingerprint density at radius 1 is 1.19 bits per heavy atom. The van der Waals surface area contributed by atoms with Gasteiger partial charge < -0.3 is 5.32 Å². The largest absolute Gasteiger partial charge is 0.348 e. The van der Waals surface area contributed by atoms with Gasteiger partial charge in [-0.1, -0.05) is 24.3 Å². The lowest BCUT2D eigenvalue weighted by Gasteiger charge is -2.56. The molecule has 1 aromatic carbocycles. The highest BCUT2D eigenvalue weighted by atomic mass is 16.1. The molecule has 5 heteroatoms. The fourth-order valence-electron chi connectivity index (χ4n) is 6.58. The topological polar surface area (TPSA) is 70.7 Å². The predicted molar refractivity (Wildman–Crippen MR) is 120 cm³/mol. The molecule has 0 saturated heterocycles. The summed E-state index contributed by atoms with van der Waals surface area (Å²) in [4.78, 5) is 12.5. The molecule has 4 aliphatic carbocycles. The third kappa shape index (κ3) is 3.61. The predicted octanol–water partition coefficient (Wildman–Crippen LogP) is 4.55. The van der Waals surface area contributed by atoms with Gasteiger partial charge in [-0.25, -0.2) is 4.68 Å². The van der Waals surface area contributed by atoms with Crippen LogP contribution in [0.1, 0.15) is 49.8 Å². The third-order valence-corrected chi connectivity index (χ3v) is 7.38. The maximum absolute atomic E-state index is 12.5. The molecule has 2 aromatic rings.